The molecule has 0 amide bonds. The van der Waals surface area contributed by atoms with Crippen LogP contribution in [0.5, 0.6) is 0 Å². The van der Waals surface area contributed by atoms with Gasteiger partial charge in [-0.3, -0.25) is 0 Å². The van der Waals surface area contributed by atoms with Crippen molar-refractivity contribution in [3.63, 3.8) is 0 Å². The van der Waals surface area contributed by atoms with Crippen molar-refractivity contribution in [2.24, 2.45) is 0 Å². The van der Waals surface area contributed by atoms with Crippen LogP contribution >= 0.6 is 23.6 Å². The molecule has 0 aliphatic heterocycles. The first kappa shape index (κ1) is 10.3. The van der Waals surface area contributed by atoms with E-state index >= 15 is 0 Å². The van der Waals surface area contributed by atoms with Gasteiger partial charge in [0.25, 0.3) is 0 Å². The largest absolute Gasteiger partial charge is 0.345 e. The third kappa shape index (κ3) is 2.64. The van der Waals surface area contributed by atoms with Gasteiger partial charge in [0.15, 0.2) is 0 Å². The van der Waals surface area contributed by atoms with Crippen LogP contribution in [0.25, 0.3) is 0 Å². The molecular weight excluding hydrogens is 222 g/mol. The Morgan fingerprint density at radius 1 is 1.20 bits per heavy atom. The maximum absolute atomic E-state index is 5.29. The molecule has 0 aliphatic rings. The summed E-state index contributed by atoms with van der Waals surface area (Å²) in [4.78, 5) is 1.89. The minimum atomic E-state index is 0.786. The topological polar surface area (TPSA) is 12.0 Å². The molecule has 1 N–H and O–H groups in total. The fourth-order valence-electron chi connectivity index (χ4n) is 1.24. The third-order valence-corrected chi connectivity index (χ3v) is 3.39. The van der Waals surface area contributed by atoms with Gasteiger partial charge in [0.05, 0.1) is 4.88 Å². The Morgan fingerprint density at radius 2 is 1.93 bits per heavy atom. The number of hydrogen-bond acceptors (Lipinski definition) is 2. The Kier molecular flexibility index (Phi) is 3.14. The van der Waals surface area contributed by atoms with Gasteiger partial charge in [0.2, 0.25) is 0 Å². The summed E-state index contributed by atoms with van der Waals surface area (Å²) in [5, 5.41) is 5.24. The van der Waals surface area contributed by atoms with Crippen LogP contribution in [0.3, 0.4) is 0 Å². The zero-order chi connectivity index (χ0) is 10.7. The summed E-state index contributed by atoms with van der Waals surface area (Å²) in [6.07, 6.45) is 0. The number of rotatable bonds is 2. The van der Waals surface area contributed by atoms with E-state index in [-0.39, 0.29) is 0 Å². The highest BCUT2D eigenvalue weighted by Crippen LogP contribution is 2.14. The highest BCUT2D eigenvalue weighted by molar-refractivity contribution is 7.81. The second kappa shape index (κ2) is 4.55. The molecular formula is C12H11NS2. The van der Waals surface area contributed by atoms with Gasteiger partial charge in [-0.05, 0) is 30.5 Å². The highest BCUT2D eigenvalue weighted by Gasteiger charge is 2.01. The Hall–Kier alpha value is -1.19. The quantitative estimate of drug-likeness (QED) is 0.791. The van der Waals surface area contributed by atoms with E-state index in [1.54, 1.807) is 11.3 Å². The molecule has 0 unspecified atom stereocenters. The number of anilines is 1. The van der Waals surface area contributed by atoms with Gasteiger partial charge in [-0.15, -0.1) is 11.3 Å². The second-order valence-electron chi connectivity index (χ2n) is 3.30. The number of hydrogen-bond donors (Lipinski definition) is 1. The standard InChI is InChI=1S/C12H11NS2/c1-9-4-6-10(7-5-9)13-12(14)11-3-2-8-15-11/h2-8H,1H3,(H,13,14). The molecule has 2 rings (SSSR count). The Morgan fingerprint density at radius 3 is 2.53 bits per heavy atom. The first-order chi connectivity index (χ1) is 7.25. The van der Waals surface area contributed by atoms with Gasteiger partial charge in [0, 0.05) is 5.69 Å². The minimum Gasteiger partial charge on any atom is -0.345 e. The minimum absolute atomic E-state index is 0.786. The van der Waals surface area contributed by atoms with Gasteiger partial charge in [-0.1, -0.05) is 36.0 Å². The van der Waals surface area contributed by atoms with Crippen LogP contribution in [-0.2, 0) is 0 Å². The van der Waals surface area contributed by atoms with Crippen LogP contribution < -0.4 is 5.32 Å². The third-order valence-electron chi connectivity index (χ3n) is 2.05. The predicted molar refractivity (Wildman–Crippen MR) is 70.8 cm³/mol. The van der Waals surface area contributed by atoms with E-state index in [0.717, 1.165) is 15.6 Å². The number of thiocarbonyl (C=S) groups is 1. The van der Waals surface area contributed by atoms with Crippen LogP contribution in [-0.4, -0.2) is 4.99 Å². The summed E-state index contributed by atoms with van der Waals surface area (Å²) in [7, 11) is 0. The Bertz CT molecular complexity index is 443. The van der Waals surface area contributed by atoms with E-state index in [1.807, 2.05) is 29.6 Å². The summed E-state index contributed by atoms with van der Waals surface area (Å²) >= 11 is 6.94. The SMILES string of the molecule is Cc1ccc(NC(=S)c2cccs2)cc1. The van der Waals surface area contributed by atoms with Crippen molar-refractivity contribution in [1.82, 2.24) is 0 Å². The van der Waals surface area contributed by atoms with Crippen molar-refractivity contribution in [3.05, 3.63) is 52.2 Å². The Labute approximate surface area is 98.8 Å². The first-order valence-electron chi connectivity index (χ1n) is 4.67. The average Bonchev–Trinajstić information content (AvgIpc) is 2.74. The van der Waals surface area contributed by atoms with Crippen LogP contribution in [0.2, 0.25) is 0 Å². The molecule has 0 aliphatic carbocycles. The number of benzene rings is 1. The molecule has 0 spiro atoms. The Balaban J connectivity index is 2.09. The van der Waals surface area contributed by atoms with Gasteiger partial charge in [-0.25, -0.2) is 0 Å². The lowest BCUT2D eigenvalue weighted by atomic mass is 10.2. The van der Waals surface area contributed by atoms with Crippen LogP contribution in [0.4, 0.5) is 5.69 Å². The van der Waals surface area contributed by atoms with Crippen LogP contribution in [0.15, 0.2) is 41.8 Å². The highest BCUT2D eigenvalue weighted by atomic mass is 32.1. The summed E-state index contributed by atoms with van der Waals surface area (Å²) in [5.74, 6) is 0. The summed E-state index contributed by atoms with van der Waals surface area (Å²) < 4.78 is 0. The van der Waals surface area contributed by atoms with E-state index in [2.05, 4.69) is 24.4 Å². The van der Waals surface area contributed by atoms with Gasteiger partial charge in [0.1, 0.15) is 4.99 Å². The molecule has 1 nitrogen and oxygen atoms in total. The van der Waals surface area contributed by atoms with Crippen LogP contribution in [0, 0.1) is 6.92 Å². The van der Waals surface area contributed by atoms with Crippen molar-refractivity contribution < 1.29 is 0 Å². The van der Waals surface area contributed by atoms with E-state index in [0.29, 0.717) is 0 Å². The average molecular weight is 233 g/mol. The monoisotopic (exact) mass is 233 g/mol. The zero-order valence-corrected chi connectivity index (χ0v) is 9.99. The first-order valence-corrected chi connectivity index (χ1v) is 5.96. The van der Waals surface area contributed by atoms with Crippen molar-refractivity contribution in [2.45, 2.75) is 6.92 Å². The molecule has 0 atom stereocenters. The molecule has 76 valence electrons. The zero-order valence-electron chi connectivity index (χ0n) is 8.36. The smallest absolute Gasteiger partial charge is 0.121 e. The van der Waals surface area contributed by atoms with Crippen molar-refractivity contribution in [3.8, 4) is 0 Å². The predicted octanol–water partition coefficient (Wildman–Crippen LogP) is 3.84. The fraction of sp³-hybridized carbons (Fsp3) is 0.0833. The molecule has 0 saturated carbocycles. The van der Waals surface area contributed by atoms with Gasteiger partial charge in [-0.2, -0.15) is 0 Å². The lowest BCUT2D eigenvalue weighted by Gasteiger charge is -2.05. The van der Waals surface area contributed by atoms with Crippen molar-refractivity contribution in [2.75, 3.05) is 5.32 Å². The number of thiophene rings is 1. The van der Waals surface area contributed by atoms with Gasteiger partial charge >= 0.3 is 0 Å². The van der Waals surface area contributed by atoms with Crippen molar-refractivity contribution >= 4 is 34.2 Å². The van der Waals surface area contributed by atoms with Gasteiger partial charge < -0.3 is 5.32 Å². The molecule has 0 bridgehead atoms. The lowest BCUT2D eigenvalue weighted by molar-refractivity contribution is 1.47. The summed E-state index contributed by atoms with van der Waals surface area (Å²) in [6, 6.07) is 12.2. The van der Waals surface area contributed by atoms with E-state index in [1.165, 1.54) is 5.56 Å². The second-order valence-corrected chi connectivity index (χ2v) is 4.65. The molecule has 3 heteroatoms. The molecule has 1 aromatic heterocycles. The summed E-state index contributed by atoms with van der Waals surface area (Å²) in [5.41, 5.74) is 2.29. The number of aryl methyl sites for hydroxylation is 1. The molecule has 1 heterocycles. The molecule has 0 radical (unpaired) electrons. The molecule has 15 heavy (non-hydrogen) atoms. The van der Waals surface area contributed by atoms with E-state index < -0.39 is 0 Å². The normalized spacial score (nSPS) is 9.93. The molecule has 0 saturated heterocycles. The summed E-state index contributed by atoms with van der Waals surface area (Å²) in [6.45, 7) is 2.07. The lowest BCUT2D eigenvalue weighted by Crippen LogP contribution is -2.08. The maximum Gasteiger partial charge on any atom is 0.121 e. The van der Waals surface area contributed by atoms with Crippen LogP contribution in [0.1, 0.15) is 10.4 Å². The number of nitrogens with one attached hydrogen (secondary N) is 1. The van der Waals surface area contributed by atoms with E-state index in [9.17, 15) is 0 Å². The van der Waals surface area contributed by atoms with E-state index in [4.69, 9.17) is 12.2 Å². The molecule has 1 aromatic carbocycles. The molecule has 2 aromatic rings. The fourth-order valence-corrected chi connectivity index (χ4v) is 2.19. The maximum atomic E-state index is 5.29. The molecule has 0 fully saturated rings. The van der Waals surface area contributed by atoms with Crippen molar-refractivity contribution in [1.29, 1.82) is 0 Å².